The predicted octanol–water partition coefficient (Wildman–Crippen LogP) is 3.97. The molecule has 1 N–H and O–H groups in total. The van der Waals surface area contributed by atoms with Gasteiger partial charge in [0.15, 0.2) is 0 Å². The van der Waals surface area contributed by atoms with Gasteiger partial charge >= 0.3 is 0 Å². The standard InChI is InChI=1S/C14H23N/c1-6-8-12(3)10-14(5)15-11-13(4)9-7-2/h7,9-10,15H,2,5-6,8,11H2,1,3-4H3/b12-10+,13-9+. The molecule has 0 aromatic rings. The first-order chi connectivity index (χ1) is 7.10. The van der Waals surface area contributed by atoms with Gasteiger partial charge in [0.05, 0.1) is 0 Å². The molecule has 0 fully saturated rings. The van der Waals surface area contributed by atoms with Crippen molar-refractivity contribution in [2.45, 2.75) is 33.6 Å². The molecule has 1 heteroatoms. The zero-order valence-corrected chi connectivity index (χ0v) is 10.3. The lowest BCUT2D eigenvalue weighted by atomic mass is 10.1. The maximum absolute atomic E-state index is 3.97. The number of hydrogen-bond donors (Lipinski definition) is 1. The van der Waals surface area contributed by atoms with Gasteiger partial charge in [-0.1, -0.05) is 49.8 Å². The summed E-state index contributed by atoms with van der Waals surface area (Å²) in [5.74, 6) is 0. The van der Waals surface area contributed by atoms with Crippen molar-refractivity contribution in [1.29, 1.82) is 0 Å². The van der Waals surface area contributed by atoms with E-state index >= 15 is 0 Å². The van der Waals surface area contributed by atoms with Crippen molar-refractivity contribution >= 4 is 0 Å². The maximum atomic E-state index is 3.97. The SMILES string of the molecule is C=C/C=C(\C)CNC(=C)/C=C(\C)CCC. The van der Waals surface area contributed by atoms with Gasteiger partial charge in [-0.05, 0) is 26.3 Å². The van der Waals surface area contributed by atoms with Crippen molar-refractivity contribution < 1.29 is 0 Å². The Labute approximate surface area is 94.3 Å². The molecule has 15 heavy (non-hydrogen) atoms. The quantitative estimate of drug-likeness (QED) is 0.620. The lowest BCUT2D eigenvalue weighted by molar-refractivity contribution is 0.873. The highest BCUT2D eigenvalue weighted by Crippen LogP contribution is 2.05. The second-order valence-electron chi connectivity index (χ2n) is 3.87. The molecule has 0 saturated carbocycles. The molecule has 0 aromatic carbocycles. The molecule has 0 amide bonds. The highest BCUT2D eigenvalue weighted by atomic mass is 14.9. The molecule has 0 radical (unpaired) electrons. The second kappa shape index (κ2) is 8.10. The number of allylic oxidation sites excluding steroid dienone is 4. The monoisotopic (exact) mass is 205 g/mol. The summed E-state index contributed by atoms with van der Waals surface area (Å²) in [7, 11) is 0. The molecule has 84 valence electrons. The largest absolute Gasteiger partial charge is 0.382 e. The third-order valence-corrected chi connectivity index (χ3v) is 2.06. The molecule has 0 bridgehead atoms. The van der Waals surface area contributed by atoms with Gasteiger partial charge in [-0.2, -0.15) is 0 Å². The fourth-order valence-corrected chi connectivity index (χ4v) is 1.33. The van der Waals surface area contributed by atoms with Crippen LogP contribution in [0.15, 0.2) is 48.2 Å². The van der Waals surface area contributed by atoms with Gasteiger partial charge in [-0.25, -0.2) is 0 Å². The van der Waals surface area contributed by atoms with E-state index in [1.807, 2.05) is 6.08 Å². The smallest absolute Gasteiger partial charge is 0.0360 e. The van der Waals surface area contributed by atoms with E-state index in [-0.39, 0.29) is 0 Å². The third-order valence-electron chi connectivity index (χ3n) is 2.06. The summed E-state index contributed by atoms with van der Waals surface area (Å²) < 4.78 is 0. The minimum Gasteiger partial charge on any atom is -0.382 e. The topological polar surface area (TPSA) is 12.0 Å². The van der Waals surface area contributed by atoms with Crippen LogP contribution < -0.4 is 5.32 Å². The van der Waals surface area contributed by atoms with Gasteiger partial charge in [0, 0.05) is 12.2 Å². The Balaban J connectivity index is 3.99. The molecule has 0 aromatic heterocycles. The lowest BCUT2D eigenvalue weighted by Crippen LogP contribution is -2.13. The van der Waals surface area contributed by atoms with Crippen molar-refractivity contribution in [2.75, 3.05) is 6.54 Å². The normalized spacial score (nSPS) is 12.5. The minimum absolute atomic E-state index is 0.834. The van der Waals surface area contributed by atoms with E-state index in [0.29, 0.717) is 0 Å². The summed E-state index contributed by atoms with van der Waals surface area (Å²) in [6.07, 6.45) is 8.25. The van der Waals surface area contributed by atoms with E-state index in [4.69, 9.17) is 0 Å². The van der Waals surface area contributed by atoms with Crippen molar-refractivity contribution in [1.82, 2.24) is 5.32 Å². The molecular formula is C14H23N. The predicted molar refractivity (Wildman–Crippen MR) is 69.8 cm³/mol. The first-order valence-corrected chi connectivity index (χ1v) is 5.48. The van der Waals surface area contributed by atoms with E-state index in [1.54, 1.807) is 6.08 Å². The van der Waals surface area contributed by atoms with Gasteiger partial charge in [-0.15, -0.1) is 0 Å². The van der Waals surface area contributed by atoms with Crippen LogP contribution in [0.2, 0.25) is 0 Å². The van der Waals surface area contributed by atoms with Gasteiger partial charge in [0.2, 0.25) is 0 Å². The van der Waals surface area contributed by atoms with E-state index < -0.39 is 0 Å². The first kappa shape index (κ1) is 13.8. The van der Waals surface area contributed by atoms with E-state index in [0.717, 1.165) is 18.7 Å². The molecule has 0 rings (SSSR count). The Morgan fingerprint density at radius 2 is 1.93 bits per heavy atom. The Morgan fingerprint density at radius 3 is 2.47 bits per heavy atom. The zero-order valence-electron chi connectivity index (χ0n) is 10.3. The Morgan fingerprint density at radius 1 is 1.27 bits per heavy atom. The molecule has 0 aliphatic carbocycles. The summed E-state index contributed by atoms with van der Waals surface area (Å²) in [6.45, 7) is 14.9. The van der Waals surface area contributed by atoms with Crippen LogP contribution in [0.25, 0.3) is 0 Å². The van der Waals surface area contributed by atoms with Crippen LogP contribution in [0.5, 0.6) is 0 Å². The molecule has 0 heterocycles. The van der Waals surface area contributed by atoms with Gasteiger partial charge in [0.25, 0.3) is 0 Å². The van der Waals surface area contributed by atoms with Crippen LogP contribution in [-0.2, 0) is 0 Å². The van der Waals surface area contributed by atoms with Crippen molar-refractivity contribution in [3.8, 4) is 0 Å². The fraction of sp³-hybridized carbons (Fsp3) is 0.429. The second-order valence-corrected chi connectivity index (χ2v) is 3.87. The summed E-state index contributed by atoms with van der Waals surface area (Å²) in [6, 6.07) is 0. The molecular weight excluding hydrogens is 182 g/mol. The highest BCUT2D eigenvalue weighted by Gasteiger charge is 1.92. The maximum Gasteiger partial charge on any atom is 0.0360 e. The van der Waals surface area contributed by atoms with E-state index in [9.17, 15) is 0 Å². The van der Waals surface area contributed by atoms with Crippen molar-refractivity contribution in [3.05, 3.63) is 48.2 Å². The number of rotatable bonds is 7. The summed E-state index contributed by atoms with van der Waals surface area (Å²) in [5.41, 5.74) is 3.62. The van der Waals surface area contributed by atoms with Crippen molar-refractivity contribution in [3.63, 3.8) is 0 Å². The van der Waals surface area contributed by atoms with Crippen LogP contribution in [0.3, 0.4) is 0 Å². The molecule has 0 aliphatic heterocycles. The van der Waals surface area contributed by atoms with Gasteiger partial charge in [-0.3, -0.25) is 0 Å². The van der Waals surface area contributed by atoms with Crippen LogP contribution in [0, 0.1) is 0 Å². The van der Waals surface area contributed by atoms with Crippen LogP contribution in [0.4, 0.5) is 0 Å². The number of nitrogens with one attached hydrogen (secondary N) is 1. The molecule has 0 spiro atoms. The third kappa shape index (κ3) is 7.80. The van der Waals surface area contributed by atoms with Gasteiger partial charge < -0.3 is 5.32 Å². The summed E-state index contributed by atoms with van der Waals surface area (Å²) in [4.78, 5) is 0. The molecule has 0 unspecified atom stereocenters. The number of hydrogen-bond acceptors (Lipinski definition) is 1. The average Bonchev–Trinajstić information content (AvgIpc) is 2.15. The Hall–Kier alpha value is -1.24. The lowest BCUT2D eigenvalue weighted by Gasteiger charge is -2.07. The molecule has 0 saturated heterocycles. The molecule has 0 atom stereocenters. The Kier molecular flexibility index (Phi) is 7.43. The van der Waals surface area contributed by atoms with E-state index in [2.05, 4.69) is 45.3 Å². The summed E-state index contributed by atoms with van der Waals surface area (Å²) >= 11 is 0. The van der Waals surface area contributed by atoms with Gasteiger partial charge in [0.1, 0.15) is 0 Å². The first-order valence-electron chi connectivity index (χ1n) is 5.48. The van der Waals surface area contributed by atoms with Crippen LogP contribution in [-0.4, -0.2) is 6.54 Å². The summed E-state index contributed by atoms with van der Waals surface area (Å²) in [5, 5.41) is 3.27. The minimum atomic E-state index is 0.834. The van der Waals surface area contributed by atoms with E-state index in [1.165, 1.54) is 17.6 Å². The average molecular weight is 205 g/mol. The molecule has 0 aliphatic rings. The van der Waals surface area contributed by atoms with Crippen LogP contribution in [0.1, 0.15) is 33.6 Å². The molecule has 1 nitrogen and oxygen atoms in total. The van der Waals surface area contributed by atoms with Crippen LogP contribution >= 0.6 is 0 Å². The Bertz CT molecular complexity index is 269. The fourth-order valence-electron chi connectivity index (χ4n) is 1.33. The zero-order chi connectivity index (χ0) is 11.7. The highest BCUT2D eigenvalue weighted by molar-refractivity contribution is 5.20. The van der Waals surface area contributed by atoms with Crippen molar-refractivity contribution in [2.24, 2.45) is 0 Å².